The summed E-state index contributed by atoms with van der Waals surface area (Å²) in [7, 11) is 5.75. The summed E-state index contributed by atoms with van der Waals surface area (Å²) in [5, 5.41) is 0. The summed E-state index contributed by atoms with van der Waals surface area (Å²) in [6.45, 7) is 0.518. The van der Waals surface area contributed by atoms with Crippen LogP contribution in [0.25, 0.3) is 0 Å². The summed E-state index contributed by atoms with van der Waals surface area (Å²) in [5.74, 6) is 2.41. The molecule has 2 aliphatic rings. The van der Waals surface area contributed by atoms with Gasteiger partial charge in [0.25, 0.3) is 0 Å². The topological polar surface area (TPSA) is 22.1 Å². The van der Waals surface area contributed by atoms with Crippen molar-refractivity contribution < 1.29 is 4.74 Å². The highest BCUT2D eigenvalue weighted by atomic mass is 16.5. The van der Waals surface area contributed by atoms with Gasteiger partial charge in [-0.3, -0.25) is 0 Å². The van der Waals surface area contributed by atoms with Crippen LogP contribution < -0.4 is 10.2 Å². The van der Waals surface area contributed by atoms with Gasteiger partial charge < -0.3 is 4.74 Å². The SMILES string of the molecule is [B]c1cccc(COc2cc3c(cn2)[C@@H]2C[C@@H]2C3)c1. The first-order valence-electron chi connectivity index (χ1n) is 6.75. The van der Waals surface area contributed by atoms with Gasteiger partial charge in [-0.1, -0.05) is 29.7 Å². The van der Waals surface area contributed by atoms with Crippen molar-refractivity contribution in [2.45, 2.75) is 25.4 Å². The van der Waals surface area contributed by atoms with Crippen LogP contribution in [0.15, 0.2) is 36.5 Å². The molecule has 0 spiro atoms. The number of aromatic nitrogens is 1. The molecule has 0 aliphatic heterocycles. The first kappa shape index (κ1) is 11.1. The molecule has 0 bridgehead atoms. The Bertz CT molecular complexity index is 640. The van der Waals surface area contributed by atoms with Crippen LogP contribution in [0.3, 0.4) is 0 Å². The zero-order chi connectivity index (χ0) is 12.8. The molecule has 19 heavy (non-hydrogen) atoms. The van der Waals surface area contributed by atoms with Gasteiger partial charge in [0.05, 0.1) is 0 Å². The molecule has 1 saturated carbocycles. The van der Waals surface area contributed by atoms with Crippen LogP contribution in [0.5, 0.6) is 5.88 Å². The lowest BCUT2D eigenvalue weighted by Crippen LogP contribution is -2.05. The Morgan fingerprint density at radius 2 is 2.26 bits per heavy atom. The molecule has 2 nitrogen and oxygen atoms in total. The Hall–Kier alpha value is -1.77. The van der Waals surface area contributed by atoms with Crippen molar-refractivity contribution in [2.75, 3.05) is 0 Å². The van der Waals surface area contributed by atoms with Crippen LogP contribution in [-0.4, -0.2) is 12.8 Å². The molecular weight excluding hydrogens is 233 g/mol. The molecule has 1 aromatic heterocycles. The van der Waals surface area contributed by atoms with E-state index in [-0.39, 0.29) is 0 Å². The van der Waals surface area contributed by atoms with Crippen LogP contribution in [0.1, 0.15) is 29.0 Å². The molecule has 0 saturated heterocycles. The lowest BCUT2D eigenvalue weighted by molar-refractivity contribution is 0.293. The largest absolute Gasteiger partial charge is 0.473 e. The van der Waals surface area contributed by atoms with Crippen molar-refractivity contribution >= 4 is 13.3 Å². The smallest absolute Gasteiger partial charge is 0.213 e. The van der Waals surface area contributed by atoms with E-state index in [1.165, 1.54) is 24.0 Å². The normalized spacial score (nSPS) is 22.7. The van der Waals surface area contributed by atoms with E-state index in [4.69, 9.17) is 12.6 Å². The van der Waals surface area contributed by atoms with E-state index in [2.05, 4.69) is 11.1 Å². The molecule has 92 valence electrons. The highest BCUT2D eigenvalue weighted by molar-refractivity contribution is 6.32. The zero-order valence-electron chi connectivity index (χ0n) is 10.7. The van der Waals surface area contributed by atoms with Gasteiger partial charge >= 0.3 is 0 Å². The van der Waals surface area contributed by atoms with Gasteiger partial charge in [-0.2, -0.15) is 0 Å². The number of hydrogen-bond donors (Lipinski definition) is 0. The summed E-state index contributed by atoms with van der Waals surface area (Å²) in [4.78, 5) is 4.41. The molecule has 1 heterocycles. The second kappa shape index (κ2) is 4.12. The highest BCUT2D eigenvalue weighted by Gasteiger charge is 2.45. The predicted molar refractivity (Wildman–Crippen MR) is 75.0 cm³/mol. The van der Waals surface area contributed by atoms with Gasteiger partial charge in [-0.25, -0.2) is 4.98 Å². The van der Waals surface area contributed by atoms with Crippen molar-refractivity contribution in [3.05, 3.63) is 53.2 Å². The van der Waals surface area contributed by atoms with Gasteiger partial charge in [-0.05, 0) is 41.4 Å². The van der Waals surface area contributed by atoms with Crippen molar-refractivity contribution in [1.29, 1.82) is 0 Å². The zero-order valence-corrected chi connectivity index (χ0v) is 10.7. The van der Waals surface area contributed by atoms with Gasteiger partial charge in [-0.15, -0.1) is 0 Å². The molecule has 2 aromatic rings. The Morgan fingerprint density at radius 3 is 3.16 bits per heavy atom. The van der Waals surface area contributed by atoms with Gasteiger partial charge in [0.15, 0.2) is 0 Å². The Labute approximate surface area is 114 Å². The van der Waals surface area contributed by atoms with E-state index >= 15 is 0 Å². The minimum atomic E-state index is 0.518. The third kappa shape index (κ3) is 2.03. The molecular formula is C16H14BNO. The number of rotatable bonds is 3. The number of benzene rings is 1. The summed E-state index contributed by atoms with van der Waals surface area (Å²) in [5.41, 5.74) is 4.72. The second-order valence-electron chi connectivity index (χ2n) is 5.56. The van der Waals surface area contributed by atoms with Crippen LogP contribution in [-0.2, 0) is 13.0 Å². The lowest BCUT2D eigenvalue weighted by Gasteiger charge is -2.08. The van der Waals surface area contributed by atoms with Crippen LogP contribution in [0, 0.1) is 5.92 Å². The fourth-order valence-corrected chi connectivity index (χ4v) is 3.05. The third-order valence-corrected chi connectivity index (χ3v) is 4.14. The maximum atomic E-state index is 5.76. The van der Waals surface area contributed by atoms with E-state index in [0.717, 1.165) is 28.7 Å². The fraction of sp³-hybridized carbons (Fsp3) is 0.312. The summed E-state index contributed by atoms with van der Waals surface area (Å²) in [6.07, 6.45) is 4.57. The number of ether oxygens (including phenoxy) is 1. The summed E-state index contributed by atoms with van der Waals surface area (Å²) < 4.78 is 5.76. The second-order valence-corrected chi connectivity index (χ2v) is 5.56. The maximum Gasteiger partial charge on any atom is 0.213 e. The monoisotopic (exact) mass is 247 g/mol. The van der Waals surface area contributed by atoms with Crippen LogP contribution in [0.4, 0.5) is 0 Å². The van der Waals surface area contributed by atoms with Gasteiger partial charge in [0.1, 0.15) is 14.5 Å². The quantitative estimate of drug-likeness (QED) is 0.775. The maximum absolute atomic E-state index is 5.76. The molecule has 0 unspecified atom stereocenters. The van der Waals surface area contributed by atoms with Crippen molar-refractivity contribution in [3.63, 3.8) is 0 Å². The standard InChI is InChI=1S/C16H14BNO/c17-13-3-1-2-10(4-13)9-19-16-7-12-5-11-6-14(11)15(12)8-18-16/h1-4,7-8,11,14H,5-6,9H2/t11-,14+/m0/s1. The average molecular weight is 247 g/mol. The van der Waals surface area contributed by atoms with Crippen LogP contribution >= 0.6 is 0 Å². The van der Waals surface area contributed by atoms with E-state index in [1.54, 1.807) is 0 Å². The first-order valence-corrected chi connectivity index (χ1v) is 6.75. The average Bonchev–Trinajstić information content (AvgIpc) is 3.08. The van der Waals surface area contributed by atoms with E-state index in [9.17, 15) is 0 Å². The van der Waals surface area contributed by atoms with E-state index in [1.807, 2.05) is 30.5 Å². The van der Waals surface area contributed by atoms with E-state index in [0.29, 0.717) is 6.61 Å². The summed E-state index contributed by atoms with van der Waals surface area (Å²) in [6, 6.07) is 9.87. The van der Waals surface area contributed by atoms with Gasteiger partial charge in [0, 0.05) is 12.3 Å². The lowest BCUT2D eigenvalue weighted by atomic mass is 9.95. The van der Waals surface area contributed by atoms with Crippen molar-refractivity contribution in [3.8, 4) is 5.88 Å². The van der Waals surface area contributed by atoms with Crippen molar-refractivity contribution in [2.24, 2.45) is 5.92 Å². The molecule has 2 radical (unpaired) electrons. The van der Waals surface area contributed by atoms with Crippen molar-refractivity contribution in [1.82, 2.24) is 4.98 Å². The summed E-state index contributed by atoms with van der Waals surface area (Å²) >= 11 is 0. The Morgan fingerprint density at radius 1 is 1.32 bits per heavy atom. The molecule has 3 heteroatoms. The minimum Gasteiger partial charge on any atom is -0.473 e. The first-order chi connectivity index (χ1) is 9.29. The van der Waals surface area contributed by atoms with Gasteiger partial charge in [0.2, 0.25) is 5.88 Å². The minimum absolute atomic E-state index is 0.518. The Kier molecular flexibility index (Phi) is 2.41. The Balaban J connectivity index is 1.49. The fourth-order valence-electron chi connectivity index (χ4n) is 3.05. The molecule has 0 amide bonds. The molecule has 0 N–H and O–H groups in total. The molecule has 1 aromatic carbocycles. The molecule has 4 rings (SSSR count). The number of hydrogen-bond acceptors (Lipinski definition) is 2. The number of pyridine rings is 1. The molecule has 1 fully saturated rings. The highest BCUT2D eigenvalue weighted by Crippen LogP contribution is 2.56. The number of fused-ring (bicyclic) bond motifs is 3. The van der Waals surface area contributed by atoms with E-state index < -0.39 is 0 Å². The van der Waals surface area contributed by atoms with Crippen LogP contribution in [0.2, 0.25) is 0 Å². The third-order valence-electron chi connectivity index (χ3n) is 4.14. The number of nitrogens with zero attached hydrogens (tertiary/aromatic N) is 1. The molecule has 2 aliphatic carbocycles. The molecule has 2 atom stereocenters. The predicted octanol–water partition coefficient (Wildman–Crippen LogP) is 2.11.